The van der Waals surface area contributed by atoms with Crippen molar-refractivity contribution in [2.75, 3.05) is 19.7 Å². The van der Waals surface area contributed by atoms with Crippen molar-refractivity contribution in [3.8, 4) is 0 Å². The Morgan fingerprint density at radius 2 is 2.12 bits per heavy atom. The van der Waals surface area contributed by atoms with Crippen LogP contribution < -0.4 is 5.43 Å². The smallest absolute Gasteiger partial charge is 0.332 e. The number of amides is 2. The van der Waals surface area contributed by atoms with Crippen LogP contribution in [0.2, 0.25) is 0 Å². The lowest BCUT2D eigenvalue weighted by atomic mass is 10.2. The van der Waals surface area contributed by atoms with Gasteiger partial charge in [0, 0.05) is 19.1 Å². The molecule has 0 aromatic rings. The first-order valence-electron chi connectivity index (χ1n) is 6.17. The Bertz CT molecular complexity index is 260. The van der Waals surface area contributed by atoms with Gasteiger partial charge in [-0.25, -0.2) is 9.80 Å². The molecule has 0 bridgehead atoms. The number of hydrazine groups is 1. The van der Waals surface area contributed by atoms with E-state index in [0.717, 1.165) is 38.8 Å². The highest BCUT2D eigenvalue weighted by molar-refractivity contribution is 5.74. The van der Waals surface area contributed by atoms with E-state index in [0.29, 0.717) is 6.04 Å². The number of likely N-dealkylation sites (tertiary alicyclic amines) is 1. The minimum absolute atomic E-state index is 0.0120. The first-order chi connectivity index (χ1) is 7.72. The number of aliphatic hydroxyl groups is 1. The fraction of sp³-hybridized carbons (Fsp3) is 0.909. The number of aliphatic hydroxyl groups excluding tert-OH is 1. The first-order valence-corrected chi connectivity index (χ1v) is 6.17. The van der Waals surface area contributed by atoms with Gasteiger partial charge >= 0.3 is 6.03 Å². The largest absolute Gasteiger partial charge is 0.394 e. The normalized spacial score (nSPS) is 31.0. The number of carbonyl (C=O) groups is 1. The molecule has 5 heteroatoms. The molecule has 5 nitrogen and oxygen atoms in total. The maximum atomic E-state index is 12.0. The van der Waals surface area contributed by atoms with Crippen molar-refractivity contribution >= 4 is 6.03 Å². The minimum atomic E-state index is -0.0506. The zero-order chi connectivity index (χ0) is 11.5. The van der Waals surface area contributed by atoms with Crippen molar-refractivity contribution in [2.24, 2.45) is 0 Å². The third-order valence-electron chi connectivity index (χ3n) is 3.64. The summed E-state index contributed by atoms with van der Waals surface area (Å²) in [6, 6.07) is 0.391. The molecule has 2 fully saturated rings. The van der Waals surface area contributed by atoms with Crippen LogP contribution in [0.25, 0.3) is 0 Å². The van der Waals surface area contributed by atoms with E-state index in [4.69, 9.17) is 5.11 Å². The Kier molecular flexibility index (Phi) is 3.66. The molecular formula is C11H21N3O2. The summed E-state index contributed by atoms with van der Waals surface area (Å²) >= 11 is 0. The summed E-state index contributed by atoms with van der Waals surface area (Å²) in [5.74, 6) is 0. The van der Waals surface area contributed by atoms with E-state index in [1.807, 2.05) is 5.01 Å². The van der Waals surface area contributed by atoms with Crippen molar-refractivity contribution in [1.82, 2.24) is 15.3 Å². The van der Waals surface area contributed by atoms with E-state index in [1.165, 1.54) is 0 Å². The van der Waals surface area contributed by atoms with Crippen molar-refractivity contribution in [3.05, 3.63) is 0 Å². The molecule has 92 valence electrons. The van der Waals surface area contributed by atoms with Crippen molar-refractivity contribution in [1.29, 1.82) is 0 Å². The van der Waals surface area contributed by atoms with Crippen LogP contribution in [-0.2, 0) is 0 Å². The SMILES string of the molecule is CC1CCCN1NC(=O)N1CCCC1CO. The van der Waals surface area contributed by atoms with Gasteiger partial charge in [0.15, 0.2) is 0 Å². The van der Waals surface area contributed by atoms with Gasteiger partial charge < -0.3 is 10.0 Å². The van der Waals surface area contributed by atoms with Gasteiger partial charge in [-0.3, -0.25) is 5.43 Å². The summed E-state index contributed by atoms with van der Waals surface area (Å²) in [5, 5.41) is 11.2. The number of nitrogens with one attached hydrogen (secondary N) is 1. The monoisotopic (exact) mass is 227 g/mol. The standard InChI is InChI=1S/C11H21N3O2/c1-9-4-2-7-14(9)12-11(16)13-6-3-5-10(13)8-15/h9-10,15H,2-8H2,1H3,(H,12,16). The summed E-state index contributed by atoms with van der Waals surface area (Å²) in [6.45, 7) is 3.90. The lowest BCUT2D eigenvalue weighted by Gasteiger charge is -2.28. The Morgan fingerprint density at radius 1 is 1.38 bits per heavy atom. The molecule has 2 saturated heterocycles. The molecule has 2 aliphatic rings. The Labute approximate surface area is 96.4 Å². The van der Waals surface area contributed by atoms with Crippen molar-refractivity contribution in [3.63, 3.8) is 0 Å². The third-order valence-corrected chi connectivity index (χ3v) is 3.64. The van der Waals surface area contributed by atoms with Crippen LogP contribution in [0.4, 0.5) is 4.79 Å². The van der Waals surface area contributed by atoms with Gasteiger partial charge in [0.05, 0.1) is 12.6 Å². The number of urea groups is 1. The van der Waals surface area contributed by atoms with Crippen molar-refractivity contribution in [2.45, 2.75) is 44.7 Å². The minimum Gasteiger partial charge on any atom is -0.394 e. The second-order valence-corrected chi connectivity index (χ2v) is 4.77. The molecule has 2 rings (SSSR count). The number of hydrogen-bond acceptors (Lipinski definition) is 3. The molecule has 0 aliphatic carbocycles. The average Bonchev–Trinajstić information content (AvgIpc) is 2.87. The highest BCUT2D eigenvalue weighted by Crippen LogP contribution is 2.18. The molecule has 0 aromatic heterocycles. The summed E-state index contributed by atoms with van der Waals surface area (Å²) in [7, 11) is 0. The Morgan fingerprint density at radius 3 is 2.75 bits per heavy atom. The molecule has 2 atom stereocenters. The van der Waals surface area contributed by atoms with E-state index in [9.17, 15) is 4.79 Å². The van der Waals surface area contributed by atoms with Gasteiger partial charge in [0.1, 0.15) is 0 Å². The molecule has 2 amide bonds. The third kappa shape index (κ3) is 2.30. The van der Waals surface area contributed by atoms with Crippen LogP contribution in [-0.4, -0.2) is 52.8 Å². The van der Waals surface area contributed by atoms with E-state index in [1.54, 1.807) is 4.90 Å². The molecule has 2 unspecified atom stereocenters. The fourth-order valence-corrected chi connectivity index (χ4v) is 2.58. The maximum Gasteiger partial charge on any atom is 0.332 e. The highest BCUT2D eigenvalue weighted by Gasteiger charge is 2.30. The summed E-state index contributed by atoms with van der Waals surface area (Å²) in [4.78, 5) is 13.7. The summed E-state index contributed by atoms with van der Waals surface area (Å²) in [5.41, 5.74) is 2.94. The van der Waals surface area contributed by atoms with Crippen LogP contribution >= 0.6 is 0 Å². The van der Waals surface area contributed by atoms with E-state index >= 15 is 0 Å². The lowest BCUT2D eigenvalue weighted by Crippen LogP contribution is -2.52. The van der Waals surface area contributed by atoms with Crippen LogP contribution in [0.1, 0.15) is 32.6 Å². The van der Waals surface area contributed by atoms with Crippen LogP contribution in [0.15, 0.2) is 0 Å². The predicted molar refractivity (Wildman–Crippen MR) is 60.7 cm³/mol. The predicted octanol–water partition coefficient (Wildman–Crippen LogP) is 0.552. The lowest BCUT2D eigenvalue weighted by molar-refractivity contribution is 0.122. The Hall–Kier alpha value is -0.810. The van der Waals surface area contributed by atoms with Crippen LogP contribution in [0.3, 0.4) is 0 Å². The molecule has 0 radical (unpaired) electrons. The van der Waals surface area contributed by atoms with E-state index < -0.39 is 0 Å². The topological polar surface area (TPSA) is 55.8 Å². The molecule has 2 N–H and O–H groups in total. The average molecular weight is 227 g/mol. The molecule has 2 aliphatic heterocycles. The number of carbonyl (C=O) groups excluding carboxylic acids is 1. The van der Waals surface area contributed by atoms with Crippen LogP contribution in [0, 0.1) is 0 Å². The number of nitrogens with zero attached hydrogens (tertiary/aromatic N) is 2. The molecule has 0 aromatic carbocycles. The van der Waals surface area contributed by atoms with Gasteiger partial charge in [-0.15, -0.1) is 0 Å². The van der Waals surface area contributed by atoms with E-state index in [-0.39, 0.29) is 18.7 Å². The zero-order valence-corrected chi connectivity index (χ0v) is 9.85. The van der Waals surface area contributed by atoms with Gasteiger partial charge in [-0.05, 0) is 32.6 Å². The summed E-state index contributed by atoms with van der Waals surface area (Å²) < 4.78 is 0. The zero-order valence-electron chi connectivity index (χ0n) is 9.85. The summed E-state index contributed by atoms with van der Waals surface area (Å²) in [6.07, 6.45) is 4.20. The molecular weight excluding hydrogens is 206 g/mol. The van der Waals surface area contributed by atoms with Gasteiger partial charge in [-0.1, -0.05) is 0 Å². The fourth-order valence-electron chi connectivity index (χ4n) is 2.58. The second kappa shape index (κ2) is 5.01. The number of rotatable bonds is 2. The van der Waals surface area contributed by atoms with Gasteiger partial charge in [0.25, 0.3) is 0 Å². The number of hydrogen-bond donors (Lipinski definition) is 2. The first kappa shape index (κ1) is 11.7. The Balaban J connectivity index is 1.87. The van der Waals surface area contributed by atoms with Gasteiger partial charge in [-0.2, -0.15) is 0 Å². The maximum absolute atomic E-state index is 12.0. The molecule has 0 spiro atoms. The molecule has 2 heterocycles. The van der Waals surface area contributed by atoms with Crippen LogP contribution in [0.5, 0.6) is 0 Å². The quantitative estimate of drug-likeness (QED) is 0.724. The molecule has 0 saturated carbocycles. The van der Waals surface area contributed by atoms with Gasteiger partial charge in [0.2, 0.25) is 0 Å². The second-order valence-electron chi connectivity index (χ2n) is 4.77. The van der Waals surface area contributed by atoms with E-state index in [2.05, 4.69) is 12.3 Å². The molecule has 16 heavy (non-hydrogen) atoms. The van der Waals surface area contributed by atoms with Crippen molar-refractivity contribution < 1.29 is 9.90 Å². The highest BCUT2D eigenvalue weighted by atomic mass is 16.3.